The van der Waals surface area contributed by atoms with Crippen LogP contribution in [0, 0.1) is 0 Å². The van der Waals surface area contributed by atoms with Crippen molar-refractivity contribution >= 4 is 5.91 Å². The van der Waals surface area contributed by atoms with Gasteiger partial charge in [-0.25, -0.2) is 0 Å². The predicted molar refractivity (Wildman–Crippen MR) is 61.1 cm³/mol. The maximum atomic E-state index is 11.6. The lowest BCUT2D eigenvalue weighted by Gasteiger charge is -2.26. The van der Waals surface area contributed by atoms with E-state index in [9.17, 15) is 4.79 Å². The van der Waals surface area contributed by atoms with Gasteiger partial charge in [0, 0.05) is 0 Å². The average Bonchev–Trinajstić information content (AvgIpc) is 2.79. The van der Waals surface area contributed by atoms with Crippen molar-refractivity contribution in [1.29, 1.82) is 0 Å². The molecule has 4 nitrogen and oxygen atoms in total. The number of ether oxygens (including phenoxy) is 1. The molecule has 0 spiro atoms. The summed E-state index contributed by atoms with van der Waals surface area (Å²) in [6.45, 7) is 0.828. The zero-order chi connectivity index (χ0) is 11.6. The molecule has 0 aliphatic carbocycles. The van der Waals surface area contributed by atoms with Gasteiger partial charge in [0.2, 0.25) is 5.91 Å². The Bertz CT molecular complexity index is 381. The van der Waals surface area contributed by atoms with Gasteiger partial charge in [-0.05, 0) is 37.1 Å². The van der Waals surface area contributed by atoms with Gasteiger partial charge in [0.05, 0.1) is 7.11 Å². The number of rotatable bonds is 3. The summed E-state index contributed by atoms with van der Waals surface area (Å²) in [5.41, 5.74) is 5.73. The minimum atomic E-state index is -0.688. The number of amides is 1. The molecule has 3 N–H and O–H groups in total. The summed E-state index contributed by atoms with van der Waals surface area (Å²) in [7, 11) is 1.62. The number of carbonyl (C=O) groups is 1. The molecule has 0 unspecified atom stereocenters. The summed E-state index contributed by atoms with van der Waals surface area (Å²) in [5, 5.41) is 3.21. The van der Waals surface area contributed by atoms with E-state index < -0.39 is 5.54 Å². The number of primary amides is 1. The van der Waals surface area contributed by atoms with Crippen LogP contribution in [0.1, 0.15) is 18.4 Å². The Labute approximate surface area is 94.8 Å². The molecule has 1 atom stereocenters. The molecule has 86 valence electrons. The van der Waals surface area contributed by atoms with Gasteiger partial charge in [-0.2, -0.15) is 0 Å². The van der Waals surface area contributed by atoms with Crippen molar-refractivity contribution in [2.24, 2.45) is 5.73 Å². The van der Waals surface area contributed by atoms with E-state index in [0.29, 0.717) is 0 Å². The summed E-state index contributed by atoms with van der Waals surface area (Å²) in [6, 6.07) is 7.48. The van der Waals surface area contributed by atoms with Crippen molar-refractivity contribution in [3.05, 3.63) is 29.8 Å². The first-order valence-electron chi connectivity index (χ1n) is 5.38. The van der Waals surface area contributed by atoms with Crippen LogP contribution in [-0.2, 0) is 10.3 Å². The van der Waals surface area contributed by atoms with E-state index in [2.05, 4.69) is 5.32 Å². The van der Waals surface area contributed by atoms with E-state index in [1.807, 2.05) is 24.3 Å². The largest absolute Gasteiger partial charge is 0.497 e. The van der Waals surface area contributed by atoms with Gasteiger partial charge in [0.25, 0.3) is 0 Å². The highest BCUT2D eigenvalue weighted by Gasteiger charge is 2.40. The minimum absolute atomic E-state index is 0.310. The third-order valence-corrected chi connectivity index (χ3v) is 3.16. The predicted octanol–water partition coefficient (Wildman–Crippen LogP) is 0.759. The number of benzene rings is 1. The maximum Gasteiger partial charge on any atom is 0.242 e. The van der Waals surface area contributed by atoms with Crippen LogP contribution in [0.15, 0.2) is 24.3 Å². The van der Waals surface area contributed by atoms with Crippen LogP contribution in [-0.4, -0.2) is 19.6 Å². The first-order valence-corrected chi connectivity index (χ1v) is 5.38. The Kier molecular flexibility index (Phi) is 2.83. The number of hydrogen-bond donors (Lipinski definition) is 2. The van der Waals surface area contributed by atoms with Gasteiger partial charge >= 0.3 is 0 Å². The Hall–Kier alpha value is -1.55. The van der Waals surface area contributed by atoms with Crippen molar-refractivity contribution < 1.29 is 9.53 Å². The van der Waals surface area contributed by atoms with Gasteiger partial charge in [0.15, 0.2) is 0 Å². The first-order chi connectivity index (χ1) is 7.69. The average molecular weight is 220 g/mol. The standard InChI is InChI=1S/C12H16N2O2/c1-16-10-5-3-9(4-6-10)12(11(13)15)7-2-8-14-12/h3-6,14H,2,7-8H2,1H3,(H2,13,15)/t12-/m0/s1. The Morgan fingerprint density at radius 1 is 1.44 bits per heavy atom. The Morgan fingerprint density at radius 2 is 2.12 bits per heavy atom. The van der Waals surface area contributed by atoms with E-state index in [4.69, 9.17) is 10.5 Å². The van der Waals surface area contributed by atoms with Crippen LogP contribution in [0.2, 0.25) is 0 Å². The molecule has 0 bridgehead atoms. The van der Waals surface area contributed by atoms with Crippen LogP contribution >= 0.6 is 0 Å². The minimum Gasteiger partial charge on any atom is -0.497 e. The van der Waals surface area contributed by atoms with Crippen LogP contribution in [0.5, 0.6) is 5.75 Å². The van der Waals surface area contributed by atoms with Crippen LogP contribution in [0.4, 0.5) is 0 Å². The Balaban J connectivity index is 2.36. The Morgan fingerprint density at radius 3 is 2.56 bits per heavy atom. The molecule has 1 saturated heterocycles. The SMILES string of the molecule is COc1ccc([C@]2(C(N)=O)CCCN2)cc1. The van der Waals surface area contributed by atoms with E-state index in [-0.39, 0.29) is 5.91 Å². The van der Waals surface area contributed by atoms with E-state index in [1.165, 1.54) is 0 Å². The molecule has 16 heavy (non-hydrogen) atoms. The fraction of sp³-hybridized carbons (Fsp3) is 0.417. The van der Waals surface area contributed by atoms with Crippen LogP contribution in [0.3, 0.4) is 0 Å². The van der Waals surface area contributed by atoms with Crippen molar-refractivity contribution in [2.75, 3.05) is 13.7 Å². The third kappa shape index (κ3) is 1.65. The fourth-order valence-corrected chi connectivity index (χ4v) is 2.22. The molecule has 0 radical (unpaired) electrons. The molecule has 1 aromatic carbocycles. The molecule has 4 heteroatoms. The molecule has 1 aliphatic heterocycles. The quantitative estimate of drug-likeness (QED) is 0.790. The van der Waals surface area contributed by atoms with Gasteiger partial charge in [-0.3, -0.25) is 10.1 Å². The van der Waals surface area contributed by atoms with Crippen molar-refractivity contribution in [1.82, 2.24) is 5.32 Å². The first kappa shape index (κ1) is 11.0. The fourth-order valence-electron chi connectivity index (χ4n) is 2.22. The summed E-state index contributed by atoms with van der Waals surface area (Å²) in [6.07, 6.45) is 1.73. The molecule has 2 rings (SSSR count). The summed E-state index contributed by atoms with van der Waals surface area (Å²) >= 11 is 0. The zero-order valence-electron chi connectivity index (χ0n) is 9.32. The number of nitrogens with two attached hydrogens (primary N) is 1. The molecular weight excluding hydrogens is 204 g/mol. The van der Waals surface area contributed by atoms with Crippen LogP contribution < -0.4 is 15.8 Å². The van der Waals surface area contributed by atoms with Gasteiger partial charge in [-0.1, -0.05) is 12.1 Å². The number of methoxy groups -OCH3 is 1. The lowest BCUT2D eigenvalue weighted by molar-refractivity contribution is -0.124. The maximum absolute atomic E-state index is 11.6. The van der Waals surface area contributed by atoms with Crippen molar-refractivity contribution in [3.63, 3.8) is 0 Å². The zero-order valence-corrected chi connectivity index (χ0v) is 9.32. The smallest absolute Gasteiger partial charge is 0.242 e. The monoisotopic (exact) mass is 220 g/mol. The van der Waals surface area contributed by atoms with E-state index in [0.717, 1.165) is 30.7 Å². The normalized spacial score (nSPS) is 24.3. The topological polar surface area (TPSA) is 64.3 Å². The lowest BCUT2D eigenvalue weighted by Crippen LogP contribution is -2.48. The molecule has 0 aromatic heterocycles. The molecule has 1 heterocycles. The second kappa shape index (κ2) is 4.14. The van der Waals surface area contributed by atoms with Gasteiger partial charge in [0.1, 0.15) is 11.3 Å². The highest BCUT2D eigenvalue weighted by Crippen LogP contribution is 2.31. The second-order valence-electron chi connectivity index (χ2n) is 4.03. The summed E-state index contributed by atoms with van der Waals surface area (Å²) < 4.78 is 5.09. The summed E-state index contributed by atoms with van der Waals surface area (Å²) in [5.74, 6) is 0.469. The highest BCUT2D eigenvalue weighted by atomic mass is 16.5. The molecule has 1 aliphatic rings. The van der Waals surface area contributed by atoms with E-state index in [1.54, 1.807) is 7.11 Å². The molecule has 1 fully saturated rings. The molecule has 1 aromatic rings. The number of carbonyl (C=O) groups excluding carboxylic acids is 1. The molecular formula is C12H16N2O2. The molecule has 1 amide bonds. The van der Waals surface area contributed by atoms with Crippen LogP contribution in [0.25, 0.3) is 0 Å². The number of hydrogen-bond acceptors (Lipinski definition) is 3. The van der Waals surface area contributed by atoms with Crippen molar-refractivity contribution in [3.8, 4) is 5.75 Å². The molecule has 0 saturated carbocycles. The third-order valence-electron chi connectivity index (χ3n) is 3.16. The van der Waals surface area contributed by atoms with Gasteiger partial charge < -0.3 is 10.5 Å². The lowest BCUT2D eigenvalue weighted by atomic mass is 9.87. The van der Waals surface area contributed by atoms with E-state index >= 15 is 0 Å². The summed E-state index contributed by atoms with van der Waals surface area (Å²) in [4.78, 5) is 11.6. The van der Waals surface area contributed by atoms with Gasteiger partial charge in [-0.15, -0.1) is 0 Å². The number of nitrogens with one attached hydrogen (secondary N) is 1. The highest BCUT2D eigenvalue weighted by molar-refractivity contribution is 5.86. The van der Waals surface area contributed by atoms with Crippen molar-refractivity contribution in [2.45, 2.75) is 18.4 Å². The second-order valence-corrected chi connectivity index (χ2v) is 4.03.